The predicted octanol–water partition coefficient (Wildman–Crippen LogP) is -0.0421. The summed E-state index contributed by atoms with van der Waals surface area (Å²) in [5.74, 6) is -0.449. The summed E-state index contributed by atoms with van der Waals surface area (Å²) in [7, 11) is 1.31. The molecular formula is C9H15NO3. The fourth-order valence-corrected chi connectivity index (χ4v) is 1.53. The molecule has 4 nitrogen and oxygen atoms in total. The van der Waals surface area contributed by atoms with Gasteiger partial charge in [0.1, 0.15) is 5.54 Å². The number of aliphatic hydroxyl groups excluding tert-OH is 1. The number of esters is 1. The van der Waals surface area contributed by atoms with E-state index in [1.165, 1.54) is 7.11 Å². The van der Waals surface area contributed by atoms with Gasteiger partial charge in [0.15, 0.2) is 0 Å². The van der Waals surface area contributed by atoms with Gasteiger partial charge in [-0.05, 0) is 12.8 Å². The molecule has 0 spiro atoms. The van der Waals surface area contributed by atoms with Crippen molar-refractivity contribution < 1.29 is 14.6 Å². The third-order valence-electron chi connectivity index (χ3n) is 2.28. The van der Waals surface area contributed by atoms with Crippen LogP contribution in [0.15, 0.2) is 12.2 Å². The number of aliphatic hydroxyl groups is 1. The van der Waals surface area contributed by atoms with E-state index in [1.807, 2.05) is 6.08 Å². The molecule has 0 unspecified atom stereocenters. The summed E-state index contributed by atoms with van der Waals surface area (Å²) in [6.07, 6.45) is 4.30. The van der Waals surface area contributed by atoms with Crippen molar-refractivity contribution in [3.63, 3.8) is 0 Å². The van der Waals surface area contributed by atoms with Crippen molar-refractivity contribution in [3.8, 4) is 0 Å². The van der Waals surface area contributed by atoms with Crippen LogP contribution in [0.4, 0.5) is 0 Å². The SMILES string of the molecule is COC(=O)[C@]1(N)CCC=C[C@@H](O)C1. The van der Waals surface area contributed by atoms with Crippen LogP contribution in [0.1, 0.15) is 19.3 Å². The Hall–Kier alpha value is -0.870. The Morgan fingerprint density at radius 2 is 2.46 bits per heavy atom. The molecule has 0 heterocycles. The second-order valence-electron chi connectivity index (χ2n) is 3.39. The van der Waals surface area contributed by atoms with Crippen molar-refractivity contribution in [1.29, 1.82) is 0 Å². The summed E-state index contributed by atoms with van der Waals surface area (Å²) in [6, 6.07) is 0. The molecule has 1 aliphatic carbocycles. The molecule has 74 valence electrons. The van der Waals surface area contributed by atoms with Crippen LogP contribution < -0.4 is 5.73 Å². The smallest absolute Gasteiger partial charge is 0.325 e. The van der Waals surface area contributed by atoms with Crippen LogP contribution in [0.3, 0.4) is 0 Å². The lowest BCUT2D eigenvalue weighted by atomic mass is 9.90. The van der Waals surface area contributed by atoms with Crippen LogP contribution in [0.2, 0.25) is 0 Å². The van der Waals surface area contributed by atoms with Crippen LogP contribution in [0, 0.1) is 0 Å². The van der Waals surface area contributed by atoms with E-state index in [0.717, 1.165) is 0 Å². The van der Waals surface area contributed by atoms with E-state index in [4.69, 9.17) is 5.73 Å². The molecule has 0 fully saturated rings. The zero-order chi connectivity index (χ0) is 9.90. The van der Waals surface area contributed by atoms with Gasteiger partial charge in [-0.25, -0.2) is 0 Å². The Balaban J connectivity index is 2.73. The maximum atomic E-state index is 11.3. The second-order valence-corrected chi connectivity index (χ2v) is 3.39. The normalized spacial score (nSPS) is 33.9. The fraction of sp³-hybridized carbons (Fsp3) is 0.667. The third kappa shape index (κ3) is 2.29. The van der Waals surface area contributed by atoms with Gasteiger partial charge in [-0.3, -0.25) is 4.79 Å². The summed E-state index contributed by atoms with van der Waals surface area (Å²) in [5, 5.41) is 9.39. The number of allylic oxidation sites excluding steroid dienone is 1. The number of methoxy groups -OCH3 is 1. The summed E-state index contributed by atoms with van der Waals surface area (Å²) >= 11 is 0. The predicted molar refractivity (Wildman–Crippen MR) is 47.9 cm³/mol. The van der Waals surface area contributed by atoms with Crippen molar-refractivity contribution in [2.75, 3.05) is 7.11 Å². The molecule has 0 saturated heterocycles. The highest BCUT2D eigenvalue weighted by molar-refractivity contribution is 5.80. The van der Waals surface area contributed by atoms with Crippen LogP contribution in [-0.4, -0.2) is 29.8 Å². The topological polar surface area (TPSA) is 72.5 Å². The quantitative estimate of drug-likeness (QED) is 0.444. The largest absolute Gasteiger partial charge is 0.468 e. The molecule has 3 N–H and O–H groups in total. The highest BCUT2D eigenvalue weighted by Gasteiger charge is 2.37. The minimum Gasteiger partial charge on any atom is -0.468 e. The zero-order valence-corrected chi connectivity index (χ0v) is 7.69. The molecule has 4 heteroatoms. The van der Waals surface area contributed by atoms with E-state index < -0.39 is 17.6 Å². The number of carbonyl (C=O) groups is 1. The number of carbonyl (C=O) groups excluding carboxylic acids is 1. The highest BCUT2D eigenvalue weighted by atomic mass is 16.5. The van der Waals surface area contributed by atoms with Crippen molar-refractivity contribution in [1.82, 2.24) is 0 Å². The molecule has 0 aromatic heterocycles. The van der Waals surface area contributed by atoms with E-state index in [9.17, 15) is 9.90 Å². The Kier molecular flexibility index (Phi) is 3.06. The summed E-state index contributed by atoms with van der Waals surface area (Å²) in [6.45, 7) is 0. The maximum Gasteiger partial charge on any atom is 0.325 e. The standard InChI is InChI=1S/C9H15NO3/c1-13-8(12)9(10)5-3-2-4-7(11)6-9/h2,4,7,11H,3,5-6,10H2,1H3/t7-,9+/m1/s1. The first-order valence-electron chi connectivity index (χ1n) is 4.30. The molecule has 2 atom stereocenters. The van der Waals surface area contributed by atoms with Gasteiger partial charge in [-0.2, -0.15) is 0 Å². The number of hydrogen-bond donors (Lipinski definition) is 2. The lowest BCUT2D eigenvalue weighted by Gasteiger charge is -2.25. The average Bonchev–Trinajstić information content (AvgIpc) is 2.26. The summed E-state index contributed by atoms with van der Waals surface area (Å²) in [5.41, 5.74) is 4.80. The minimum absolute atomic E-state index is 0.232. The van der Waals surface area contributed by atoms with Crippen molar-refractivity contribution in [2.45, 2.75) is 30.9 Å². The Bertz CT molecular complexity index is 227. The van der Waals surface area contributed by atoms with E-state index in [-0.39, 0.29) is 6.42 Å². The van der Waals surface area contributed by atoms with E-state index in [0.29, 0.717) is 12.8 Å². The molecule has 0 bridgehead atoms. The van der Waals surface area contributed by atoms with Gasteiger partial charge >= 0.3 is 5.97 Å². The lowest BCUT2D eigenvalue weighted by molar-refractivity contribution is -0.148. The molecule has 0 aromatic carbocycles. The number of rotatable bonds is 1. The molecule has 0 aromatic rings. The second kappa shape index (κ2) is 3.89. The number of nitrogens with two attached hydrogens (primary N) is 1. The van der Waals surface area contributed by atoms with Crippen molar-refractivity contribution >= 4 is 5.97 Å². The highest BCUT2D eigenvalue weighted by Crippen LogP contribution is 2.22. The molecule has 0 radical (unpaired) electrons. The van der Waals surface area contributed by atoms with Crippen molar-refractivity contribution in [2.24, 2.45) is 5.73 Å². The van der Waals surface area contributed by atoms with Crippen LogP contribution >= 0.6 is 0 Å². The molecule has 0 aliphatic heterocycles. The molecule has 1 aliphatic rings. The molecule has 0 saturated carbocycles. The monoisotopic (exact) mass is 185 g/mol. The van der Waals surface area contributed by atoms with E-state index >= 15 is 0 Å². The van der Waals surface area contributed by atoms with Crippen molar-refractivity contribution in [3.05, 3.63) is 12.2 Å². The van der Waals surface area contributed by atoms with Crippen LogP contribution in [-0.2, 0) is 9.53 Å². The first-order chi connectivity index (χ1) is 6.08. The van der Waals surface area contributed by atoms with Gasteiger partial charge < -0.3 is 15.6 Å². The Morgan fingerprint density at radius 1 is 1.77 bits per heavy atom. The zero-order valence-electron chi connectivity index (χ0n) is 7.69. The molecule has 13 heavy (non-hydrogen) atoms. The van der Waals surface area contributed by atoms with Crippen LogP contribution in [0.25, 0.3) is 0 Å². The molecule has 1 rings (SSSR count). The maximum absolute atomic E-state index is 11.3. The number of hydrogen-bond acceptors (Lipinski definition) is 4. The van der Waals surface area contributed by atoms with Gasteiger partial charge in [0, 0.05) is 6.42 Å². The third-order valence-corrected chi connectivity index (χ3v) is 2.28. The molecular weight excluding hydrogens is 170 g/mol. The summed E-state index contributed by atoms with van der Waals surface area (Å²) in [4.78, 5) is 11.3. The minimum atomic E-state index is -1.03. The van der Waals surface area contributed by atoms with Gasteiger partial charge in [0.05, 0.1) is 13.2 Å². The fourth-order valence-electron chi connectivity index (χ4n) is 1.53. The average molecular weight is 185 g/mol. The Morgan fingerprint density at radius 3 is 3.08 bits per heavy atom. The van der Waals surface area contributed by atoms with Gasteiger partial charge in [-0.1, -0.05) is 12.2 Å². The Labute approximate surface area is 77.4 Å². The lowest BCUT2D eigenvalue weighted by Crippen LogP contribution is -2.50. The van der Waals surface area contributed by atoms with Gasteiger partial charge in [0.2, 0.25) is 0 Å². The van der Waals surface area contributed by atoms with Gasteiger partial charge in [-0.15, -0.1) is 0 Å². The first kappa shape index (κ1) is 10.2. The van der Waals surface area contributed by atoms with E-state index in [2.05, 4.69) is 4.74 Å². The van der Waals surface area contributed by atoms with Gasteiger partial charge in [0.25, 0.3) is 0 Å². The van der Waals surface area contributed by atoms with Crippen LogP contribution in [0.5, 0.6) is 0 Å². The summed E-state index contributed by atoms with van der Waals surface area (Å²) < 4.78 is 4.59. The first-order valence-corrected chi connectivity index (χ1v) is 4.30. The molecule has 0 amide bonds. The van der Waals surface area contributed by atoms with E-state index in [1.54, 1.807) is 6.08 Å². The number of ether oxygens (including phenoxy) is 1.